The zero-order chi connectivity index (χ0) is 16.4. The molecule has 0 fully saturated rings. The van der Waals surface area contributed by atoms with Crippen LogP contribution in [0.25, 0.3) is 11.0 Å². The SMILES string of the molecule is Cc1ccc(CNC(=O)c2cc3cccc(C)c3oc2=O)cc1. The second kappa shape index (κ2) is 6.08. The Morgan fingerprint density at radius 1 is 1.09 bits per heavy atom. The third-order valence-corrected chi connectivity index (χ3v) is 3.78. The summed E-state index contributed by atoms with van der Waals surface area (Å²) < 4.78 is 5.30. The van der Waals surface area contributed by atoms with Gasteiger partial charge in [-0.2, -0.15) is 0 Å². The Bertz CT molecular complexity index is 923. The number of nitrogens with one attached hydrogen (secondary N) is 1. The maximum Gasteiger partial charge on any atom is 0.349 e. The van der Waals surface area contributed by atoms with Crippen molar-refractivity contribution < 1.29 is 9.21 Å². The number of para-hydroxylation sites is 1. The van der Waals surface area contributed by atoms with Gasteiger partial charge in [0.2, 0.25) is 0 Å². The van der Waals surface area contributed by atoms with E-state index in [1.807, 2.05) is 56.3 Å². The molecule has 0 atom stereocenters. The van der Waals surface area contributed by atoms with Crippen LogP contribution in [0.4, 0.5) is 0 Å². The van der Waals surface area contributed by atoms with Crippen LogP contribution in [0.1, 0.15) is 27.0 Å². The fourth-order valence-electron chi connectivity index (χ4n) is 2.43. The molecule has 0 aliphatic rings. The van der Waals surface area contributed by atoms with E-state index in [0.29, 0.717) is 12.1 Å². The van der Waals surface area contributed by atoms with Crippen molar-refractivity contribution in [3.63, 3.8) is 0 Å². The Hall–Kier alpha value is -2.88. The average molecular weight is 307 g/mol. The Morgan fingerprint density at radius 3 is 2.57 bits per heavy atom. The molecule has 1 aromatic heterocycles. The molecule has 1 heterocycles. The molecule has 0 bridgehead atoms. The molecule has 23 heavy (non-hydrogen) atoms. The monoisotopic (exact) mass is 307 g/mol. The van der Waals surface area contributed by atoms with Crippen molar-refractivity contribution in [2.45, 2.75) is 20.4 Å². The van der Waals surface area contributed by atoms with E-state index in [0.717, 1.165) is 22.1 Å². The molecule has 0 unspecified atom stereocenters. The molecular weight excluding hydrogens is 290 g/mol. The Morgan fingerprint density at radius 2 is 1.83 bits per heavy atom. The minimum Gasteiger partial charge on any atom is -0.422 e. The lowest BCUT2D eigenvalue weighted by Gasteiger charge is -2.06. The van der Waals surface area contributed by atoms with Crippen molar-refractivity contribution in [3.05, 3.63) is 81.2 Å². The highest BCUT2D eigenvalue weighted by molar-refractivity contribution is 5.96. The van der Waals surface area contributed by atoms with Gasteiger partial charge < -0.3 is 9.73 Å². The summed E-state index contributed by atoms with van der Waals surface area (Å²) in [7, 11) is 0. The van der Waals surface area contributed by atoms with E-state index < -0.39 is 11.5 Å². The molecule has 0 aliphatic heterocycles. The molecule has 1 amide bonds. The molecular formula is C19H17NO3. The van der Waals surface area contributed by atoms with Crippen LogP contribution in [0, 0.1) is 13.8 Å². The van der Waals surface area contributed by atoms with Crippen LogP contribution in [0.5, 0.6) is 0 Å². The third kappa shape index (κ3) is 3.16. The van der Waals surface area contributed by atoms with Gasteiger partial charge in [0.15, 0.2) is 0 Å². The van der Waals surface area contributed by atoms with E-state index in [9.17, 15) is 9.59 Å². The summed E-state index contributed by atoms with van der Waals surface area (Å²) in [6.07, 6.45) is 0. The van der Waals surface area contributed by atoms with Gasteiger partial charge in [-0.25, -0.2) is 4.79 Å². The topological polar surface area (TPSA) is 59.3 Å². The van der Waals surface area contributed by atoms with Gasteiger partial charge in [0.1, 0.15) is 11.1 Å². The number of hydrogen-bond acceptors (Lipinski definition) is 3. The van der Waals surface area contributed by atoms with Crippen LogP contribution >= 0.6 is 0 Å². The lowest BCUT2D eigenvalue weighted by molar-refractivity contribution is 0.0947. The highest BCUT2D eigenvalue weighted by Crippen LogP contribution is 2.17. The van der Waals surface area contributed by atoms with Crippen LogP contribution < -0.4 is 10.9 Å². The summed E-state index contributed by atoms with van der Waals surface area (Å²) in [5, 5.41) is 3.50. The Balaban J connectivity index is 1.84. The molecule has 4 nitrogen and oxygen atoms in total. The summed E-state index contributed by atoms with van der Waals surface area (Å²) in [6.45, 7) is 4.23. The number of benzene rings is 2. The largest absolute Gasteiger partial charge is 0.422 e. The normalized spacial score (nSPS) is 10.7. The molecule has 0 saturated carbocycles. The van der Waals surface area contributed by atoms with E-state index in [1.54, 1.807) is 6.07 Å². The number of aryl methyl sites for hydroxylation is 2. The van der Waals surface area contributed by atoms with E-state index >= 15 is 0 Å². The van der Waals surface area contributed by atoms with Crippen molar-refractivity contribution >= 4 is 16.9 Å². The fourth-order valence-corrected chi connectivity index (χ4v) is 2.43. The zero-order valence-electron chi connectivity index (χ0n) is 13.1. The molecule has 4 heteroatoms. The number of amides is 1. The first-order chi connectivity index (χ1) is 11.0. The highest BCUT2D eigenvalue weighted by atomic mass is 16.4. The first-order valence-corrected chi connectivity index (χ1v) is 7.42. The quantitative estimate of drug-likeness (QED) is 0.755. The molecule has 0 spiro atoms. The standard InChI is InChI=1S/C19H17NO3/c1-12-6-8-14(9-7-12)11-20-18(21)16-10-15-5-3-4-13(2)17(15)23-19(16)22/h3-10H,11H2,1-2H3,(H,20,21). The van der Waals surface area contributed by atoms with Crippen molar-refractivity contribution in [2.24, 2.45) is 0 Å². The summed E-state index contributed by atoms with van der Waals surface area (Å²) in [5.74, 6) is -0.428. The van der Waals surface area contributed by atoms with Gasteiger partial charge in [-0.1, -0.05) is 48.0 Å². The molecule has 0 saturated heterocycles. The van der Waals surface area contributed by atoms with E-state index in [2.05, 4.69) is 5.32 Å². The molecule has 3 rings (SSSR count). The lowest BCUT2D eigenvalue weighted by atomic mass is 10.1. The first-order valence-electron chi connectivity index (χ1n) is 7.42. The van der Waals surface area contributed by atoms with Crippen molar-refractivity contribution in [1.29, 1.82) is 0 Å². The number of fused-ring (bicyclic) bond motifs is 1. The minimum atomic E-state index is -0.617. The number of carbonyl (C=O) groups is 1. The van der Waals surface area contributed by atoms with Crippen LogP contribution in [0.3, 0.4) is 0 Å². The summed E-state index contributed by atoms with van der Waals surface area (Å²) in [6, 6.07) is 15.0. The Kier molecular flexibility index (Phi) is 3.98. The summed E-state index contributed by atoms with van der Waals surface area (Å²) in [5.41, 5.74) is 2.93. The first kappa shape index (κ1) is 15.0. The number of rotatable bonds is 3. The molecule has 0 aliphatic carbocycles. The van der Waals surface area contributed by atoms with Gasteiger partial charge in [-0.05, 0) is 31.0 Å². The van der Waals surface area contributed by atoms with E-state index in [1.165, 1.54) is 0 Å². The van der Waals surface area contributed by atoms with Crippen molar-refractivity contribution in [2.75, 3.05) is 0 Å². The van der Waals surface area contributed by atoms with Gasteiger partial charge in [0, 0.05) is 11.9 Å². The van der Waals surface area contributed by atoms with E-state index in [4.69, 9.17) is 4.42 Å². The van der Waals surface area contributed by atoms with E-state index in [-0.39, 0.29) is 5.56 Å². The molecule has 2 aromatic carbocycles. The van der Waals surface area contributed by atoms with Gasteiger partial charge in [0.25, 0.3) is 5.91 Å². The van der Waals surface area contributed by atoms with Crippen LogP contribution in [0.15, 0.2) is 57.7 Å². The average Bonchev–Trinajstić information content (AvgIpc) is 2.54. The Labute approximate surface area is 133 Å². The van der Waals surface area contributed by atoms with Crippen LogP contribution in [0.2, 0.25) is 0 Å². The highest BCUT2D eigenvalue weighted by Gasteiger charge is 2.14. The fraction of sp³-hybridized carbons (Fsp3) is 0.158. The predicted molar refractivity (Wildman–Crippen MR) is 89.6 cm³/mol. The lowest BCUT2D eigenvalue weighted by Crippen LogP contribution is -2.27. The van der Waals surface area contributed by atoms with Gasteiger partial charge in [-0.15, -0.1) is 0 Å². The maximum atomic E-state index is 12.3. The van der Waals surface area contributed by atoms with Crippen LogP contribution in [-0.4, -0.2) is 5.91 Å². The zero-order valence-corrected chi connectivity index (χ0v) is 13.1. The molecule has 0 radical (unpaired) electrons. The van der Waals surface area contributed by atoms with Crippen molar-refractivity contribution in [3.8, 4) is 0 Å². The summed E-state index contributed by atoms with van der Waals surface area (Å²) in [4.78, 5) is 24.3. The number of carbonyl (C=O) groups excluding carboxylic acids is 1. The molecule has 116 valence electrons. The van der Waals surface area contributed by atoms with Gasteiger partial charge in [0.05, 0.1) is 0 Å². The third-order valence-electron chi connectivity index (χ3n) is 3.78. The second-order valence-electron chi connectivity index (χ2n) is 5.61. The van der Waals surface area contributed by atoms with Crippen LogP contribution in [-0.2, 0) is 6.54 Å². The molecule has 3 aromatic rings. The summed E-state index contributed by atoms with van der Waals surface area (Å²) >= 11 is 0. The van der Waals surface area contributed by atoms with Gasteiger partial charge >= 0.3 is 5.63 Å². The maximum absolute atomic E-state index is 12.3. The van der Waals surface area contributed by atoms with Gasteiger partial charge in [-0.3, -0.25) is 4.79 Å². The van der Waals surface area contributed by atoms with Crippen molar-refractivity contribution in [1.82, 2.24) is 5.32 Å². The molecule has 1 N–H and O–H groups in total. The second-order valence-corrected chi connectivity index (χ2v) is 5.61. The minimum absolute atomic E-state index is 0.0233. The predicted octanol–water partition coefficient (Wildman–Crippen LogP) is 3.34. The number of hydrogen-bond donors (Lipinski definition) is 1. The smallest absolute Gasteiger partial charge is 0.349 e.